The lowest BCUT2D eigenvalue weighted by Gasteiger charge is -2.11. The summed E-state index contributed by atoms with van der Waals surface area (Å²) in [5, 5.41) is 12.5. The van der Waals surface area contributed by atoms with Crippen LogP contribution < -0.4 is 5.32 Å². The first-order valence-electron chi connectivity index (χ1n) is 5.85. The number of benzene rings is 2. The number of aromatic hydroxyl groups is 1. The number of nitrogens with one attached hydrogen (secondary N) is 1. The summed E-state index contributed by atoms with van der Waals surface area (Å²) in [6.07, 6.45) is 0. The van der Waals surface area contributed by atoms with Crippen molar-refractivity contribution in [2.45, 2.75) is 13.8 Å². The SMILES string of the molecule is Cc1ccc(Br)cc1NC(=O)c1cccc(O)c1C. The first-order chi connectivity index (χ1) is 8.99. The van der Waals surface area contributed by atoms with Crippen LogP contribution in [0.5, 0.6) is 5.75 Å². The van der Waals surface area contributed by atoms with Crippen molar-refractivity contribution in [2.24, 2.45) is 0 Å². The Bertz CT molecular complexity index is 638. The van der Waals surface area contributed by atoms with Gasteiger partial charge in [0.2, 0.25) is 0 Å². The molecule has 2 aromatic rings. The zero-order chi connectivity index (χ0) is 14.0. The predicted molar refractivity (Wildman–Crippen MR) is 79.7 cm³/mol. The lowest BCUT2D eigenvalue weighted by atomic mass is 10.1. The summed E-state index contributed by atoms with van der Waals surface area (Å²) in [5.41, 5.74) is 2.78. The average molecular weight is 320 g/mol. The number of phenolic OH excluding ortho intramolecular Hbond substituents is 1. The van der Waals surface area contributed by atoms with E-state index in [1.165, 1.54) is 0 Å². The molecule has 2 aromatic carbocycles. The van der Waals surface area contributed by atoms with E-state index in [2.05, 4.69) is 21.2 Å². The number of halogens is 1. The molecular formula is C15H14BrNO2. The third-order valence-corrected chi connectivity index (χ3v) is 3.49. The first kappa shape index (κ1) is 13.6. The Morgan fingerprint density at radius 1 is 1.21 bits per heavy atom. The van der Waals surface area contributed by atoms with Crippen molar-refractivity contribution in [3.05, 3.63) is 57.6 Å². The molecule has 2 rings (SSSR count). The van der Waals surface area contributed by atoms with Gasteiger partial charge in [-0.25, -0.2) is 0 Å². The molecule has 4 heteroatoms. The number of anilines is 1. The van der Waals surface area contributed by atoms with Gasteiger partial charge in [0.05, 0.1) is 0 Å². The Labute approximate surface area is 120 Å². The molecule has 0 aliphatic rings. The normalized spacial score (nSPS) is 10.3. The highest BCUT2D eigenvalue weighted by molar-refractivity contribution is 9.10. The Kier molecular flexibility index (Phi) is 3.90. The van der Waals surface area contributed by atoms with E-state index < -0.39 is 0 Å². The highest BCUT2D eigenvalue weighted by Gasteiger charge is 2.12. The van der Waals surface area contributed by atoms with Crippen LogP contribution in [-0.2, 0) is 0 Å². The third kappa shape index (κ3) is 2.96. The van der Waals surface area contributed by atoms with Crippen LogP contribution in [0, 0.1) is 13.8 Å². The minimum absolute atomic E-state index is 0.124. The topological polar surface area (TPSA) is 49.3 Å². The van der Waals surface area contributed by atoms with Crippen molar-refractivity contribution < 1.29 is 9.90 Å². The summed E-state index contributed by atoms with van der Waals surface area (Å²) < 4.78 is 0.904. The summed E-state index contributed by atoms with van der Waals surface area (Å²) in [4.78, 5) is 12.2. The summed E-state index contributed by atoms with van der Waals surface area (Å²) >= 11 is 3.38. The van der Waals surface area contributed by atoms with Gasteiger partial charge >= 0.3 is 0 Å². The average Bonchev–Trinajstić information content (AvgIpc) is 2.37. The second-order valence-electron chi connectivity index (χ2n) is 4.36. The Hall–Kier alpha value is -1.81. The molecule has 98 valence electrons. The van der Waals surface area contributed by atoms with E-state index in [4.69, 9.17) is 0 Å². The van der Waals surface area contributed by atoms with Crippen LogP contribution in [0.3, 0.4) is 0 Å². The maximum absolute atomic E-state index is 12.2. The van der Waals surface area contributed by atoms with Gasteiger partial charge in [0, 0.05) is 21.3 Å². The quantitative estimate of drug-likeness (QED) is 0.878. The second kappa shape index (κ2) is 5.45. The number of carbonyl (C=O) groups excluding carboxylic acids is 1. The van der Waals surface area contributed by atoms with Crippen LogP contribution >= 0.6 is 15.9 Å². The number of hydrogen-bond acceptors (Lipinski definition) is 2. The maximum atomic E-state index is 12.2. The summed E-state index contributed by atoms with van der Waals surface area (Å²) in [6.45, 7) is 3.65. The van der Waals surface area contributed by atoms with Crippen LogP contribution in [0.4, 0.5) is 5.69 Å². The molecule has 3 nitrogen and oxygen atoms in total. The number of amides is 1. The van der Waals surface area contributed by atoms with E-state index >= 15 is 0 Å². The number of rotatable bonds is 2. The van der Waals surface area contributed by atoms with Gasteiger partial charge in [-0.05, 0) is 43.7 Å². The molecule has 0 saturated carbocycles. The number of phenols is 1. The van der Waals surface area contributed by atoms with Crippen LogP contribution in [0.25, 0.3) is 0 Å². The molecule has 0 bridgehead atoms. The van der Waals surface area contributed by atoms with Crippen molar-refractivity contribution in [3.63, 3.8) is 0 Å². The van der Waals surface area contributed by atoms with Gasteiger partial charge in [0.25, 0.3) is 5.91 Å². The highest BCUT2D eigenvalue weighted by atomic mass is 79.9. The molecular weight excluding hydrogens is 306 g/mol. The fourth-order valence-corrected chi connectivity index (χ4v) is 2.15. The van der Waals surface area contributed by atoms with Crippen molar-refractivity contribution in [3.8, 4) is 5.75 Å². The van der Waals surface area contributed by atoms with E-state index in [9.17, 15) is 9.90 Å². The van der Waals surface area contributed by atoms with Crippen LogP contribution in [-0.4, -0.2) is 11.0 Å². The van der Waals surface area contributed by atoms with Crippen molar-refractivity contribution in [1.82, 2.24) is 0 Å². The molecule has 0 fully saturated rings. The predicted octanol–water partition coefficient (Wildman–Crippen LogP) is 4.02. The molecule has 0 saturated heterocycles. The molecule has 19 heavy (non-hydrogen) atoms. The number of aryl methyl sites for hydroxylation is 1. The standard InChI is InChI=1S/C15H14BrNO2/c1-9-6-7-11(16)8-13(9)17-15(19)12-4-3-5-14(18)10(12)2/h3-8,18H,1-2H3,(H,17,19). The van der Waals surface area contributed by atoms with E-state index in [1.807, 2.05) is 25.1 Å². The summed E-state index contributed by atoms with van der Waals surface area (Å²) in [7, 11) is 0. The molecule has 1 amide bonds. The van der Waals surface area contributed by atoms with Gasteiger partial charge in [0.1, 0.15) is 5.75 Å². The molecule has 0 aliphatic heterocycles. The van der Waals surface area contributed by atoms with E-state index in [0.29, 0.717) is 11.1 Å². The Morgan fingerprint density at radius 3 is 2.68 bits per heavy atom. The Balaban J connectivity index is 2.31. The lowest BCUT2D eigenvalue weighted by Crippen LogP contribution is -2.14. The van der Waals surface area contributed by atoms with Gasteiger partial charge in [-0.15, -0.1) is 0 Å². The zero-order valence-corrected chi connectivity index (χ0v) is 12.3. The largest absolute Gasteiger partial charge is 0.508 e. The fourth-order valence-electron chi connectivity index (χ4n) is 1.79. The molecule has 0 aliphatic carbocycles. The second-order valence-corrected chi connectivity index (χ2v) is 5.28. The van der Waals surface area contributed by atoms with E-state index in [0.717, 1.165) is 15.7 Å². The number of hydrogen-bond donors (Lipinski definition) is 2. The highest BCUT2D eigenvalue weighted by Crippen LogP contribution is 2.24. The van der Waals surface area contributed by atoms with Gasteiger partial charge in [-0.3, -0.25) is 4.79 Å². The molecule has 0 heterocycles. The molecule has 0 aromatic heterocycles. The van der Waals surface area contributed by atoms with Crippen molar-refractivity contribution in [1.29, 1.82) is 0 Å². The zero-order valence-electron chi connectivity index (χ0n) is 10.7. The first-order valence-corrected chi connectivity index (χ1v) is 6.64. The van der Waals surface area contributed by atoms with Crippen molar-refractivity contribution >= 4 is 27.5 Å². The summed E-state index contributed by atoms with van der Waals surface area (Å²) in [5.74, 6) is -0.104. The van der Waals surface area contributed by atoms with Crippen LogP contribution in [0.2, 0.25) is 0 Å². The van der Waals surface area contributed by atoms with Gasteiger partial charge < -0.3 is 10.4 Å². The summed E-state index contributed by atoms with van der Waals surface area (Å²) in [6, 6.07) is 10.6. The van der Waals surface area contributed by atoms with Crippen molar-refractivity contribution in [2.75, 3.05) is 5.32 Å². The van der Waals surface area contributed by atoms with Crippen LogP contribution in [0.1, 0.15) is 21.5 Å². The Morgan fingerprint density at radius 2 is 1.95 bits per heavy atom. The molecule has 0 spiro atoms. The number of carbonyl (C=O) groups is 1. The van der Waals surface area contributed by atoms with E-state index in [-0.39, 0.29) is 11.7 Å². The minimum atomic E-state index is -0.227. The smallest absolute Gasteiger partial charge is 0.256 e. The molecule has 0 unspecified atom stereocenters. The van der Waals surface area contributed by atoms with Gasteiger partial charge in [0.15, 0.2) is 0 Å². The van der Waals surface area contributed by atoms with E-state index in [1.54, 1.807) is 25.1 Å². The van der Waals surface area contributed by atoms with Gasteiger partial charge in [-0.2, -0.15) is 0 Å². The monoisotopic (exact) mass is 319 g/mol. The van der Waals surface area contributed by atoms with Crippen LogP contribution in [0.15, 0.2) is 40.9 Å². The molecule has 0 radical (unpaired) electrons. The third-order valence-electron chi connectivity index (χ3n) is 3.00. The molecule has 0 atom stereocenters. The minimum Gasteiger partial charge on any atom is -0.508 e. The maximum Gasteiger partial charge on any atom is 0.256 e. The molecule has 2 N–H and O–H groups in total. The fraction of sp³-hybridized carbons (Fsp3) is 0.133. The lowest BCUT2D eigenvalue weighted by molar-refractivity contribution is 0.102. The van der Waals surface area contributed by atoms with Gasteiger partial charge in [-0.1, -0.05) is 28.1 Å².